The van der Waals surface area contributed by atoms with E-state index in [9.17, 15) is 0 Å². The van der Waals surface area contributed by atoms with Gasteiger partial charge in [0, 0.05) is 32.9 Å². The van der Waals surface area contributed by atoms with E-state index in [-0.39, 0.29) is 24.0 Å². The molecule has 1 aliphatic carbocycles. The Labute approximate surface area is 211 Å². The van der Waals surface area contributed by atoms with Gasteiger partial charge in [0.1, 0.15) is 0 Å². The summed E-state index contributed by atoms with van der Waals surface area (Å²) >= 11 is 0. The summed E-state index contributed by atoms with van der Waals surface area (Å²) in [5.41, 5.74) is 2.41. The molecule has 1 aliphatic heterocycles. The van der Waals surface area contributed by atoms with E-state index in [1.54, 1.807) is 0 Å². The summed E-state index contributed by atoms with van der Waals surface area (Å²) in [7, 11) is 0. The molecule has 0 unspecified atom stereocenters. The average molecular weight is 560 g/mol. The van der Waals surface area contributed by atoms with Gasteiger partial charge in [-0.2, -0.15) is 0 Å². The molecular formula is C25H42IN3O3. The van der Waals surface area contributed by atoms with Crippen molar-refractivity contribution in [3.05, 3.63) is 35.4 Å². The molecule has 2 fully saturated rings. The third-order valence-corrected chi connectivity index (χ3v) is 5.96. The zero-order valence-corrected chi connectivity index (χ0v) is 22.0. The lowest BCUT2D eigenvalue weighted by Crippen LogP contribution is -2.38. The first-order chi connectivity index (χ1) is 15.3. The van der Waals surface area contributed by atoms with Gasteiger partial charge in [-0.1, -0.05) is 43.5 Å². The van der Waals surface area contributed by atoms with Crippen LogP contribution < -0.4 is 10.6 Å². The largest absolute Gasteiger partial charge is 0.381 e. The first kappa shape index (κ1) is 27.3. The summed E-state index contributed by atoms with van der Waals surface area (Å²) in [5, 5.41) is 6.75. The summed E-state index contributed by atoms with van der Waals surface area (Å²) in [5.74, 6) is 0.868. The summed E-state index contributed by atoms with van der Waals surface area (Å²) < 4.78 is 17.4. The Morgan fingerprint density at radius 2 is 1.62 bits per heavy atom. The van der Waals surface area contributed by atoms with Crippen LogP contribution in [0, 0.1) is 0 Å². The fraction of sp³-hybridized carbons (Fsp3) is 0.720. The predicted molar refractivity (Wildman–Crippen MR) is 141 cm³/mol. The fourth-order valence-electron chi connectivity index (χ4n) is 4.07. The zero-order chi connectivity index (χ0) is 21.6. The van der Waals surface area contributed by atoms with Crippen LogP contribution in [0.2, 0.25) is 0 Å². The van der Waals surface area contributed by atoms with Crippen LogP contribution in [0.5, 0.6) is 0 Å². The molecule has 2 N–H and O–H groups in total. The molecule has 6 nitrogen and oxygen atoms in total. The van der Waals surface area contributed by atoms with Crippen LogP contribution in [0.25, 0.3) is 0 Å². The molecule has 0 bridgehead atoms. The van der Waals surface area contributed by atoms with Crippen molar-refractivity contribution in [1.29, 1.82) is 0 Å². The van der Waals surface area contributed by atoms with Gasteiger partial charge >= 0.3 is 0 Å². The van der Waals surface area contributed by atoms with E-state index >= 15 is 0 Å². The number of nitrogens with zero attached hydrogens (tertiary/aromatic N) is 1. The third-order valence-electron chi connectivity index (χ3n) is 5.96. The highest BCUT2D eigenvalue weighted by Gasteiger charge is 2.14. The highest BCUT2D eigenvalue weighted by Crippen LogP contribution is 2.20. The smallest absolute Gasteiger partial charge is 0.191 e. The number of nitrogens with one attached hydrogen (secondary N) is 2. The number of halogens is 1. The van der Waals surface area contributed by atoms with Crippen molar-refractivity contribution in [2.75, 3.05) is 32.9 Å². The number of hydrogen-bond donors (Lipinski definition) is 2. The van der Waals surface area contributed by atoms with Crippen molar-refractivity contribution in [2.24, 2.45) is 4.99 Å². The third kappa shape index (κ3) is 10.8. The van der Waals surface area contributed by atoms with Crippen molar-refractivity contribution < 1.29 is 14.2 Å². The van der Waals surface area contributed by atoms with Gasteiger partial charge in [-0.3, -0.25) is 0 Å². The zero-order valence-electron chi connectivity index (χ0n) is 19.7. The molecule has 32 heavy (non-hydrogen) atoms. The second kappa shape index (κ2) is 16.7. The van der Waals surface area contributed by atoms with Crippen LogP contribution in [0.4, 0.5) is 0 Å². The van der Waals surface area contributed by atoms with Gasteiger partial charge in [-0.25, -0.2) is 4.99 Å². The maximum Gasteiger partial charge on any atom is 0.191 e. The van der Waals surface area contributed by atoms with Crippen LogP contribution in [0.3, 0.4) is 0 Å². The number of ether oxygens (including phenoxy) is 3. The number of rotatable bonds is 11. The molecule has 7 heteroatoms. The molecule has 3 rings (SSSR count). The highest BCUT2D eigenvalue weighted by molar-refractivity contribution is 14.0. The number of guanidine groups is 1. The number of aliphatic imine (C=N–C) groups is 1. The van der Waals surface area contributed by atoms with Crippen LogP contribution >= 0.6 is 24.0 Å². The van der Waals surface area contributed by atoms with Crippen molar-refractivity contribution in [2.45, 2.75) is 83.6 Å². The maximum absolute atomic E-state index is 6.01. The van der Waals surface area contributed by atoms with E-state index in [4.69, 9.17) is 19.2 Å². The molecule has 0 aromatic heterocycles. The SMILES string of the molecule is CCNC(=NCc1ccc(COC2CCOCC2)cc1)NCCCOC1CCCCC1.I. The first-order valence-electron chi connectivity index (χ1n) is 12.2. The molecule has 2 aliphatic rings. The fourth-order valence-corrected chi connectivity index (χ4v) is 4.07. The Balaban J connectivity index is 0.00000363. The van der Waals surface area contributed by atoms with Crippen LogP contribution in [0.15, 0.2) is 29.3 Å². The topological polar surface area (TPSA) is 64.1 Å². The average Bonchev–Trinajstić information content (AvgIpc) is 2.83. The van der Waals surface area contributed by atoms with Gasteiger partial charge in [0.25, 0.3) is 0 Å². The Morgan fingerprint density at radius 1 is 0.938 bits per heavy atom. The number of benzene rings is 1. The maximum atomic E-state index is 6.01. The van der Waals surface area contributed by atoms with Crippen LogP contribution in [-0.4, -0.2) is 51.1 Å². The quantitative estimate of drug-likeness (QED) is 0.177. The molecule has 0 amide bonds. The molecular weight excluding hydrogens is 517 g/mol. The lowest BCUT2D eigenvalue weighted by molar-refractivity contribution is -0.0390. The molecule has 1 saturated carbocycles. The van der Waals surface area contributed by atoms with Gasteiger partial charge in [0.15, 0.2) is 5.96 Å². The minimum absolute atomic E-state index is 0. The summed E-state index contributed by atoms with van der Waals surface area (Å²) in [6.45, 7) is 7.62. The summed E-state index contributed by atoms with van der Waals surface area (Å²) in [4.78, 5) is 4.73. The van der Waals surface area contributed by atoms with Crippen molar-refractivity contribution in [1.82, 2.24) is 10.6 Å². The Hall–Kier alpha value is -0.900. The molecule has 0 radical (unpaired) electrons. The molecule has 1 saturated heterocycles. The summed E-state index contributed by atoms with van der Waals surface area (Å²) in [6, 6.07) is 8.59. The molecule has 0 atom stereocenters. The van der Waals surface area contributed by atoms with Crippen LogP contribution in [-0.2, 0) is 27.4 Å². The van der Waals surface area contributed by atoms with Crippen molar-refractivity contribution in [3.8, 4) is 0 Å². The standard InChI is InChI=1S/C25H41N3O3.HI/c1-2-26-25(27-15-6-16-30-23-7-4-3-5-8-23)28-19-21-9-11-22(12-10-21)20-31-24-13-17-29-18-14-24;/h9-12,23-24H,2-8,13-20H2,1H3,(H2,26,27,28);1H. The minimum Gasteiger partial charge on any atom is -0.381 e. The molecule has 0 spiro atoms. The Morgan fingerprint density at radius 3 is 2.34 bits per heavy atom. The second-order valence-corrected chi connectivity index (χ2v) is 8.55. The van der Waals surface area contributed by atoms with E-state index in [1.165, 1.54) is 43.2 Å². The Bertz CT molecular complexity index is 630. The molecule has 1 aromatic carbocycles. The minimum atomic E-state index is 0. The van der Waals surface area contributed by atoms with Gasteiger partial charge in [-0.05, 0) is 50.2 Å². The first-order valence-corrected chi connectivity index (χ1v) is 12.2. The van der Waals surface area contributed by atoms with Gasteiger partial charge in [0.05, 0.1) is 25.4 Å². The lowest BCUT2D eigenvalue weighted by Gasteiger charge is -2.22. The van der Waals surface area contributed by atoms with E-state index in [2.05, 4.69) is 41.8 Å². The Kier molecular flexibility index (Phi) is 14.2. The van der Waals surface area contributed by atoms with E-state index in [1.807, 2.05) is 0 Å². The van der Waals surface area contributed by atoms with E-state index in [0.29, 0.717) is 25.4 Å². The molecule has 1 heterocycles. The summed E-state index contributed by atoms with van der Waals surface area (Å²) in [6.07, 6.45) is 10.3. The van der Waals surface area contributed by atoms with E-state index < -0.39 is 0 Å². The lowest BCUT2D eigenvalue weighted by atomic mass is 9.98. The van der Waals surface area contributed by atoms with Crippen LogP contribution in [0.1, 0.15) is 69.4 Å². The number of hydrogen-bond acceptors (Lipinski definition) is 4. The van der Waals surface area contributed by atoms with Gasteiger partial charge in [0.2, 0.25) is 0 Å². The van der Waals surface area contributed by atoms with Gasteiger partial charge in [-0.15, -0.1) is 24.0 Å². The normalized spacial score (nSPS) is 18.2. The highest BCUT2D eigenvalue weighted by atomic mass is 127. The molecule has 182 valence electrons. The van der Waals surface area contributed by atoms with Crippen molar-refractivity contribution >= 4 is 29.9 Å². The van der Waals surface area contributed by atoms with E-state index in [0.717, 1.165) is 58.1 Å². The van der Waals surface area contributed by atoms with Gasteiger partial charge < -0.3 is 24.8 Å². The predicted octanol–water partition coefficient (Wildman–Crippen LogP) is 4.79. The molecule has 1 aromatic rings. The van der Waals surface area contributed by atoms with Crippen molar-refractivity contribution in [3.63, 3.8) is 0 Å². The monoisotopic (exact) mass is 559 g/mol. The second-order valence-electron chi connectivity index (χ2n) is 8.55.